The van der Waals surface area contributed by atoms with Crippen molar-refractivity contribution < 1.29 is 18.8 Å². The van der Waals surface area contributed by atoms with Gasteiger partial charge in [-0.1, -0.05) is 12.1 Å². The average molecular weight is 400 g/mol. The summed E-state index contributed by atoms with van der Waals surface area (Å²) in [5.74, 6) is -0.957. The molecule has 0 bridgehead atoms. The summed E-state index contributed by atoms with van der Waals surface area (Å²) in [5.41, 5.74) is 1.39. The van der Waals surface area contributed by atoms with E-state index in [2.05, 4.69) is 21.3 Å². The lowest BCUT2D eigenvalue weighted by Gasteiger charge is -2.20. The third kappa shape index (κ3) is 8.00. The van der Waals surface area contributed by atoms with Gasteiger partial charge in [-0.2, -0.15) is 0 Å². The molecule has 0 spiro atoms. The van der Waals surface area contributed by atoms with E-state index >= 15 is 0 Å². The number of hydrogen-bond acceptors (Lipinski definition) is 3. The summed E-state index contributed by atoms with van der Waals surface area (Å²) in [6.45, 7) is 5.67. The van der Waals surface area contributed by atoms with E-state index in [1.165, 1.54) is 12.1 Å². The minimum absolute atomic E-state index is 0.199. The molecule has 2 aromatic carbocycles. The first-order valence-corrected chi connectivity index (χ1v) is 9.11. The molecule has 0 aromatic heterocycles. The van der Waals surface area contributed by atoms with Crippen molar-refractivity contribution in [2.45, 2.75) is 32.9 Å². The Morgan fingerprint density at radius 3 is 2.10 bits per heavy atom. The first-order valence-electron chi connectivity index (χ1n) is 9.11. The molecule has 0 saturated carbocycles. The van der Waals surface area contributed by atoms with E-state index in [1.54, 1.807) is 36.4 Å². The number of hydrogen-bond donors (Lipinski definition) is 4. The van der Waals surface area contributed by atoms with E-state index in [-0.39, 0.29) is 30.4 Å². The zero-order valence-corrected chi connectivity index (χ0v) is 16.6. The minimum atomic E-state index is -0.515. The van der Waals surface area contributed by atoms with Crippen molar-refractivity contribution in [2.75, 3.05) is 11.9 Å². The standard InChI is InChI=1S/C21H25FN4O3/c1-21(2,3)26-19(28)15-6-10-17(11-7-15)25-18(27)13-24-20(29)23-12-14-4-8-16(22)9-5-14/h4-11H,12-13H2,1-3H3,(H,25,27)(H,26,28)(H2,23,24,29). The highest BCUT2D eigenvalue weighted by molar-refractivity contribution is 5.97. The lowest BCUT2D eigenvalue weighted by atomic mass is 10.1. The third-order valence-corrected chi connectivity index (χ3v) is 3.70. The lowest BCUT2D eigenvalue weighted by molar-refractivity contribution is -0.115. The van der Waals surface area contributed by atoms with Gasteiger partial charge in [0.2, 0.25) is 5.91 Å². The van der Waals surface area contributed by atoms with Crippen molar-refractivity contribution in [3.8, 4) is 0 Å². The Hall–Kier alpha value is -3.42. The summed E-state index contributed by atoms with van der Waals surface area (Å²) in [4.78, 5) is 35.8. The number of rotatable bonds is 6. The SMILES string of the molecule is CC(C)(C)NC(=O)c1ccc(NC(=O)CNC(=O)NCc2ccc(F)cc2)cc1. The van der Waals surface area contributed by atoms with Crippen LogP contribution in [0.5, 0.6) is 0 Å². The Morgan fingerprint density at radius 2 is 1.52 bits per heavy atom. The maximum Gasteiger partial charge on any atom is 0.315 e. The molecule has 7 nitrogen and oxygen atoms in total. The normalized spacial score (nSPS) is 10.8. The number of halogens is 1. The number of anilines is 1. The predicted molar refractivity (Wildman–Crippen MR) is 109 cm³/mol. The van der Waals surface area contributed by atoms with Crippen molar-refractivity contribution in [1.29, 1.82) is 0 Å². The molecule has 4 N–H and O–H groups in total. The maximum absolute atomic E-state index is 12.8. The number of amides is 4. The Kier molecular flexibility index (Phi) is 7.30. The molecule has 8 heteroatoms. The smallest absolute Gasteiger partial charge is 0.315 e. The lowest BCUT2D eigenvalue weighted by Crippen LogP contribution is -2.40. The average Bonchev–Trinajstić information content (AvgIpc) is 2.65. The van der Waals surface area contributed by atoms with Gasteiger partial charge in [0.1, 0.15) is 5.82 Å². The van der Waals surface area contributed by atoms with Crippen molar-refractivity contribution in [2.24, 2.45) is 0 Å². The fourth-order valence-corrected chi connectivity index (χ4v) is 2.33. The second-order valence-corrected chi connectivity index (χ2v) is 7.49. The monoisotopic (exact) mass is 400 g/mol. The van der Waals surface area contributed by atoms with Gasteiger partial charge >= 0.3 is 6.03 Å². The van der Waals surface area contributed by atoms with Crippen molar-refractivity contribution in [3.63, 3.8) is 0 Å². The molecule has 29 heavy (non-hydrogen) atoms. The van der Waals surface area contributed by atoms with Gasteiger partial charge in [-0.15, -0.1) is 0 Å². The molecule has 0 atom stereocenters. The highest BCUT2D eigenvalue weighted by Crippen LogP contribution is 2.11. The van der Waals surface area contributed by atoms with Gasteiger partial charge in [0.25, 0.3) is 5.91 Å². The van der Waals surface area contributed by atoms with Gasteiger partial charge in [0, 0.05) is 23.3 Å². The van der Waals surface area contributed by atoms with Gasteiger partial charge in [0.15, 0.2) is 0 Å². The minimum Gasteiger partial charge on any atom is -0.347 e. The van der Waals surface area contributed by atoms with Gasteiger partial charge in [0.05, 0.1) is 6.54 Å². The van der Waals surface area contributed by atoms with Crippen LogP contribution in [0.25, 0.3) is 0 Å². The third-order valence-electron chi connectivity index (χ3n) is 3.70. The molecule has 0 unspecified atom stereocenters. The topological polar surface area (TPSA) is 99.3 Å². The Bertz CT molecular complexity index is 859. The summed E-state index contributed by atoms with van der Waals surface area (Å²) in [6.07, 6.45) is 0. The predicted octanol–water partition coefficient (Wildman–Crippen LogP) is 2.79. The molecule has 0 fully saturated rings. The second-order valence-electron chi connectivity index (χ2n) is 7.49. The first kappa shape index (κ1) is 21.9. The van der Waals surface area contributed by atoms with Gasteiger partial charge in [-0.05, 0) is 62.7 Å². The van der Waals surface area contributed by atoms with Crippen LogP contribution in [0.15, 0.2) is 48.5 Å². The van der Waals surface area contributed by atoms with Gasteiger partial charge < -0.3 is 21.3 Å². The molecule has 0 aliphatic heterocycles. The molecule has 0 heterocycles. The zero-order valence-electron chi connectivity index (χ0n) is 16.6. The Balaban J connectivity index is 1.75. The molecular formula is C21H25FN4O3. The van der Waals surface area contributed by atoms with Crippen LogP contribution in [0.2, 0.25) is 0 Å². The fourth-order valence-electron chi connectivity index (χ4n) is 2.33. The molecule has 154 valence electrons. The molecule has 2 aromatic rings. The summed E-state index contributed by atoms with van der Waals surface area (Å²) < 4.78 is 12.8. The van der Waals surface area contributed by atoms with Crippen LogP contribution in [0, 0.1) is 5.82 Å². The van der Waals surface area contributed by atoms with Crippen LogP contribution >= 0.6 is 0 Å². The fraction of sp³-hybridized carbons (Fsp3) is 0.286. The van der Waals surface area contributed by atoms with Crippen LogP contribution < -0.4 is 21.3 Å². The zero-order chi connectivity index (χ0) is 21.4. The highest BCUT2D eigenvalue weighted by atomic mass is 19.1. The maximum atomic E-state index is 12.8. The highest BCUT2D eigenvalue weighted by Gasteiger charge is 2.15. The van der Waals surface area contributed by atoms with Gasteiger partial charge in [-0.25, -0.2) is 9.18 Å². The summed E-state index contributed by atoms with van der Waals surface area (Å²) in [6, 6.07) is 11.7. The molecule has 0 aliphatic rings. The van der Waals surface area contributed by atoms with E-state index < -0.39 is 11.9 Å². The number of urea groups is 1. The van der Waals surface area contributed by atoms with Crippen LogP contribution in [0.1, 0.15) is 36.7 Å². The first-order chi connectivity index (χ1) is 13.6. The van der Waals surface area contributed by atoms with Crippen molar-refractivity contribution >= 4 is 23.5 Å². The van der Waals surface area contributed by atoms with Crippen LogP contribution in [0.4, 0.5) is 14.9 Å². The summed E-state index contributed by atoms with van der Waals surface area (Å²) in [5, 5.41) is 10.5. The molecular weight excluding hydrogens is 375 g/mol. The van der Waals surface area contributed by atoms with Crippen molar-refractivity contribution in [1.82, 2.24) is 16.0 Å². The van der Waals surface area contributed by atoms with Crippen LogP contribution in [0.3, 0.4) is 0 Å². The van der Waals surface area contributed by atoms with Crippen molar-refractivity contribution in [3.05, 3.63) is 65.5 Å². The summed E-state index contributed by atoms with van der Waals surface area (Å²) >= 11 is 0. The molecule has 0 aliphatic carbocycles. The van der Waals surface area contributed by atoms with E-state index in [9.17, 15) is 18.8 Å². The van der Waals surface area contributed by atoms with Crippen LogP contribution in [-0.2, 0) is 11.3 Å². The van der Waals surface area contributed by atoms with E-state index in [0.29, 0.717) is 11.3 Å². The quantitative estimate of drug-likeness (QED) is 0.600. The molecule has 0 radical (unpaired) electrons. The van der Waals surface area contributed by atoms with E-state index in [1.807, 2.05) is 20.8 Å². The Morgan fingerprint density at radius 1 is 0.897 bits per heavy atom. The number of nitrogens with one attached hydrogen (secondary N) is 4. The number of carbonyl (C=O) groups excluding carboxylic acids is 3. The summed E-state index contributed by atoms with van der Waals surface area (Å²) in [7, 11) is 0. The van der Waals surface area contributed by atoms with E-state index in [0.717, 1.165) is 5.56 Å². The van der Waals surface area contributed by atoms with Crippen LogP contribution in [-0.4, -0.2) is 29.9 Å². The Labute approximate surface area is 169 Å². The number of benzene rings is 2. The number of carbonyl (C=O) groups is 3. The second kappa shape index (κ2) is 9.68. The van der Waals surface area contributed by atoms with E-state index in [4.69, 9.17) is 0 Å². The molecule has 0 saturated heterocycles. The molecule has 4 amide bonds. The van der Waals surface area contributed by atoms with Gasteiger partial charge in [-0.3, -0.25) is 9.59 Å². The molecule has 2 rings (SSSR count). The largest absolute Gasteiger partial charge is 0.347 e.